The third kappa shape index (κ3) is 5.08. The van der Waals surface area contributed by atoms with E-state index in [0.717, 1.165) is 0 Å². The van der Waals surface area contributed by atoms with E-state index in [4.69, 9.17) is 21.4 Å². The minimum Gasteiger partial charge on any atom is -0.491 e. The Labute approximate surface area is 117 Å². The molecule has 0 radical (unpaired) electrons. The summed E-state index contributed by atoms with van der Waals surface area (Å²) < 4.78 is 28.2. The molecule has 0 atom stereocenters. The second kappa shape index (κ2) is 6.77. The maximum Gasteiger partial charge on any atom is 0.335 e. The standard InChI is InChI=1S/C12H15ClO5S/c1-2-6-19(16,17)7-5-18-11-4-3-9(12(14)15)8-10(11)13/h3-4,8H,2,5-7H2,1H3,(H,14,15). The highest BCUT2D eigenvalue weighted by Crippen LogP contribution is 2.25. The second-order valence-corrected chi connectivity index (χ2v) is 6.66. The fraction of sp³-hybridized carbons (Fsp3) is 0.417. The molecular formula is C12H15ClO5S. The number of carboxylic acids is 1. The third-order valence-electron chi connectivity index (χ3n) is 2.35. The van der Waals surface area contributed by atoms with Gasteiger partial charge in [0.2, 0.25) is 0 Å². The van der Waals surface area contributed by atoms with Crippen LogP contribution in [0.5, 0.6) is 5.75 Å². The number of halogens is 1. The number of rotatable bonds is 7. The molecule has 7 heteroatoms. The first-order valence-corrected chi connectivity index (χ1v) is 7.91. The molecule has 0 saturated carbocycles. The number of benzene rings is 1. The Morgan fingerprint density at radius 2 is 2.05 bits per heavy atom. The maximum atomic E-state index is 11.5. The molecule has 1 rings (SSSR count). The lowest BCUT2D eigenvalue weighted by atomic mass is 10.2. The number of ether oxygens (including phenoxy) is 1. The molecular weight excluding hydrogens is 292 g/mol. The molecule has 106 valence electrons. The summed E-state index contributed by atoms with van der Waals surface area (Å²) in [6, 6.07) is 4.03. The molecule has 0 aliphatic carbocycles. The largest absolute Gasteiger partial charge is 0.491 e. The zero-order valence-corrected chi connectivity index (χ0v) is 12.0. The van der Waals surface area contributed by atoms with Gasteiger partial charge in [0.1, 0.15) is 12.4 Å². The van der Waals surface area contributed by atoms with E-state index in [1.165, 1.54) is 18.2 Å². The fourth-order valence-corrected chi connectivity index (χ4v) is 2.84. The van der Waals surface area contributed by atoms with E-state index in [1.54, 1.807) is 6.92 Å². The smallest absolute Gasteiger partial charge is 0.335 e. The quantitative estimate of drug-likeness (QED) is 0.835. The van der Waals surface area contributed by atoms with E-state index in [0.29, 0.717) is 6.42 Å². The molecule has 0 unspecified atom stereocenters. The van der Waals surface area contributed by atoms with Crippen molar-refractivity contribution in [3.63, 3.8) is 0 Å². The van der Waals surface area contributed by atoms with Gasteiger partial charge in [0.05, 0.1) is 22.1 Å². The van der Waals surface area contributed by atoms with Gasteiger partial charge < -0.3 is 9.84 Å². The van der Waals surface area contributed by atoms with Crippen LogP contribution in [0.4, 0.5) is 0 Å². The molecule has 19 heavy (non-hydrogen) atoms. The van der Waals surface area contributed by atoms with Crippen LogP contribution in [0.3, 0.4) is 0 Å². The van der Waals surface area contributed by atoms with Crippen LogP contribution in [0.15, 0.2) is 18.2 Å². The van der Waals surface area contributed by atoms with Crippen molar-refractivity contribution >= 4 is 27.4 Å². The highest BCUT2D eigenvalue weighted by molar-refractivity contribution is 7.91. The van der Waals surface area contributed by atoms with Gasteiger partial charge in [-0.1, -0.05) is 18.5 Å². The molecule has 0 bridgehead atoms. The summed E-state index contributed by atoms with van der Waals surface area (Å²) in [5.41, 5.74) is 0.0518. The number of sulfone groups is 1. The van der Waals surface area contributed by atoms with Crippen LogP contribution in [-0.4, -0.2) is 37.6 Å². The van der Waals surface area contributed by atoms with E-state index in [-0.39, 0.29) is 34.4 Å². The Morgan fingerprint density at radius 3 is 2.58 bits per heavy atom. The van der Waals surface area contributed by atoms with Crippen LogP contribution in [0.2, 0.25) is 5.02 Å². The molecule has 5 nitrogen and oxygen atoms in total. The first-order valence-electron chi connectivity index (χ1n) is 5.72. The Balaban J connectivity index is 2.62. The van der Waals surface area contributed by atoms with Crippen molar-refractivity contribution in [3.05, 3.63) is 28.8 Å². The zero-order valence-electron chi connectivity index (χ0n) is 10.4. The highest BCUT2D eigenvalue weighted by atomic mass is 35.5. The molecule has 1 aromatic rings. The van der Waals surface area contributed by atoms with E-state index in [9.17, 15) is 13.2 Å². The van der Waals surface area contributed by atoms with Crippen LogP contribution in [-0.2, 0) is 9.84 Å². The molecule has 0 spiro atoms. The molecule has 1 aromatic carbocycles. The van der Waals surface area contributed by atoms with Gasteiger partial charge in [-0.2, -0.15) is 0 Å². The predicted octanol–water partition coefficient (Wildman–Crippen LogP) is 2.24. The fourth-order valence-electron chi connectivity index (χ4n) is 1.44. The summed E-state index contributed by atoms with van der Waals surface area (Å²) in [5.74, 6) is -0.766. The second-order valence-electron chi connectivity index (χ2n) is 3.95. The summed E-state index contributed by atoms with van der Waals surface area (Å²) in [4.78, 5) is 10.7. The monoisotopic (exact) mass is 306 g/mol. The molecule has 0 fully saturated rings. The van der Waals surface area contributed by atoms with Crippen LogP contribution >= 0.6 is 11.6 Å². The van der Waals surface area contributed by atoms with Crippen molar-refractivity contribution in [1.29, 1.82) is 0 Å². The lowest BCUT2D eigenvalue weighted by molar-refractivity contribution is 0.0697. The SMILES string of the molecule is CCCS(=O)(=O)CCOc1ccc(C(=O)O)cc1Cl. The van der Waals surface area contributed by atoms with Crippen LogP contribution in [0, 0.1) is 0 Å². The molecule has 0 heterocycles. The number of aromatic carboxylic acids is 1. The van der Waals surface area contributed by atoms with Gasteiger partial charge in [-0.05, 0) is 24.6 Å². The molecule has 0 saturated heterocycles. The topological polar surface area (TPSA) is 80.7 Å². The average Bonchev–Trinajstić information content (AvgIpc) is 2.30. The average molecular weight is 307 g/mol. The Bertz CT molecular complexity index is 553. The first-order chi connectivity index (χ1) is 8.85. The summed E-state index contributed by atoms with van der Waals surface area (Å²) in [7, 11) is -3.10. The zero-order chi connectivity index (χ0) is 14.5. The summed E-state index contributed by atoms with van der Waals surface area (Å²) in [5, 5.41) is 8.91. The third-order valence-corrected chi connectivity index (χ3v) is 4.46. The van der Waals surface area contributed by atoms with Crippen molar-refractivity contribution < 1.29 is 23.1 Å². The van der Waals surface area contributed by atoms with E-state index in [1.807, 2.05) is 0 Å². The van der Waals surface area contributed by atoms with Crippen molar-refractivity contribution in [2.24, 2.45) is 0 Å². The van der Waals surface area contributed by atoms with Gasteiger partial charge in [-0.15, -0.1) is 0 Å². The van der Waals surface area contributed by atoms with Gasteiger partial charge in [-0.25, -0.2) is 13.2 Å². The Kier molecular flexibility index (Phi) is 5.62. The number of hydrogen-bond donors (Lipinski definition) is 1. The summed E-state index contributed by atoms with van der Waals surface area (Å²) in [6.45, 7) is 1.79. The minimum atomic E-state index is -3.10. The van der Waals surface area contributed by atoms with Crippen molar-refractivity contribution in [2.45, 2.75) is 13.3 Å². The highest BCUT2D eigenvalue weighted by Gasteiger charge is 2.11. The molecule has 1 N–H and O–H groups in total. The Hall–Kier alpha value is -1.27. The number of carbonyl (C=O) groups is 1. The van der Waals surface area contributed by atoms with Gasteiger partial charge in [0.25, 0.3) is 0 Å². The first kappa shape index (κ1) is 15.8. The van der Waals surface area contributed by atoms with Crippen LogP contribution in [0.25, 0.3) is 0 Å². The predicted molar refractivity (Wildman–Crippen MR) is 72.9 cm³/mol. The van der Waals surface area contributed by atoms with Gasteiger partial charge in [0, 0.05) is 0 Å². The lowest BCUT2D eigenvalue weighted by Gasteiger charge is -2.08. The van der Waals surface area contributed by atoms with Crippen LogP contribution < -0.4 is 4.74 Å². The molecule has 0 aromatic heterocycles. The van der Waals surface area contributed by atoms with Gasteiger partial charge in [0.15, 0.2) is 9.84 Å². The molecule has 0 amide bonds. The lowest BCUT2D eigenvalue weighted by Crippen LogP contribution is -2.16. The molecule has 0 aliphatic rings. The van der Waals surface area contributed by atoms with E-state index < -0.39 is 15.8 Å². The number of hydrogen-bond acceptors (Lipinski definition) is 4. The van der Waals surface area contributed by atoms with Gasteiger partial charge >= 0.3 is 5.97 Å². The number of carboxylic acid groups (broad SMARTS) is 1. The van der Waals surface area contributed by atoms with Crippen molar-refractivity contribution in [1.82, 2.24) is 0 Å². The van der Waals surface area contributed by atoms with Crippen molar-refractivity contribution in [2.75, 3.05) is 18.1 Å². The summed E-state index contributed by atoms with van der Waals surface area (Å²) >= 11 is 5.85. The minimum absolute atomic E-state index is 0.00548. The normalized spacial score (nSPS) is 11.3. The van der Waals surface area contributed by atoms with E-state index in [2.05, 4.69) is 0 Å². The Morgan fingerprint density at radius 1 is 1.37 bits per heavy atom. The van der Waals surface area contributed by atoms with Crippen LogP contribution in [0.1, 0.15) is 23.7 Å². The van der Waals surface area contributed by atoms with Gasteiger partial charge in [-0.3, -0.25) is 0 Å². The summed E-state index contributed by atoms with van der Waals surface area (Å²) in [6.07, 6.45) is 0.566. The van der Waals surface area contributed by atoms with Crippen molar-refractivity contribution in [3.8, 4) is 5.75 Å². The molecule has 0 aliphatic heterocycles. The maximum absolute atomic E-state index is 11.5. The van der Waals surface area contributed by atoms with E-state index >= 15 is 0 Å².